The predicted molar refractivity (Wildman–Crippen MR) is 468 cm³/mol. The number of rotatable bonds is 52. The third-order valence-electron chi connectivity index (χ3n) is 18.9. The molecule has 46 nitrogen and oxygen atoms in total. The van der Waals surface area contributed by atoms with Crippen LogP contribution in [0.5, 0.6) is 0 Å². The van der Waals surface area contributed by atoms with Crippen molar-refractivity contribution in [3.63, 3.8) is 0 Å². The Morgan fingerprint density at radius 2 is 0.397 bits per heavy atom. The summed E-state index contributed by atoms with van der Waals surface area (Å²) in [5.74, 6) is -19.4. The van der Waals surface area contributed by atoms with E-state index in [2.05, 4.69) is 14.8 Å². The van der Waals surface area contributed by atoms with E-state index < -0.39 is 192 Å². The lowest BCUT2D eigenvalue weighted by atomic mass is 10.1. The van der Waals surface area contributed by atoms with Crippen LogP contribution in [0.25, 0.3) is 0 Å². The minimum atomic E-state index is -1.30. The van der Waals surface area contributed by atoms with Crippen LogP contribution in [0.15, 0.2) is 146 Å². The Morgan fingerprint density at radius 3 is 0.573 bits per heavy atom. The van der Waals surface area contributed by atoms with Crippen LogP contribution in [0, 0.1) is 0 Å². The summed E-state index contributed by atoms with van der Waals surface area (Å²) in [6.07, 6.45) is 5.12. The molecule has 2 heterocycles. The van der Waals surface area contributed by atoms with Crippen LogP contribution in [-0.2, 0) is 95.8 Å². The Bertz CT molecular complexity index is 4790. The van der Waals surface area contributed by atoms with Crippen molar-refractivity contribution in [3.05, 3.63) is 146 Å². The molecule has 1 aliphatic carbocycles. The van der Waals surface area contributed by atoms with Gasteiger partial charge in [0.15, 0.2) is 0 Å². The van der Waals surface area contributed by atoms with E-state index in [1.54, 1.807) is 119 Å². The Labute approximate surface area is 747 Å². The standard InChI is InChI=1S/C28H35N5O11.C27H32N4O12.C27H28N4O10.C3H6/c1-29-23(34)13-32(16-26(39)40)21-9-4-2-7-19(21)30(14-24(35)36)11-6-12-31(15-25(37)38)20-8-3-5-10-22(20)33(17-27(41)42)18-28(43)44;32-22(33)12-28(18-6-1-3-8-20(18)30(14-24(36)37)15-25(38)39)10-5-11-29(13-23(34)35)19-7-2-4-9-21(19)31(16-26(40)41)17-27(42)43;32-22(33)12-28(18-6-1-3-8-20(18)30-14-24(36)40-25(37)15-30)10-5-11-29(13-23(34)35)19-7-2-4-9-21(19)31-16-26(38)41-27(39)17-31;1-2-3-1/h2-5,7-10H,6,11-18H2,1H3,(H,29,34)(H,35,36)(H,37,38)(H,39,40)(H,41,42)(H,43,44);1-4,6-9H,5,10-17H2,(H,32,33)(H,34,35)(H,36,37)(H,38,39)(H,40,41)(H,42,43);1-4,6-9H,5,10-17H2,(H,32,33)(H,34,35);1-3H2. The SMILES string of the molecule is C1CC1.CNC(=O)CN(CC(=O)O)c1ccccc1N(CCCN(CC(=O)O)c1ccccc1N(CC(=O)O)CC(=O)O)CC(=O)O.O=C(O)CN(CCCN(CC(=O)O)c1ccccc1N(CC(=O)O)CC(=O)O)c1ccccc1N(CC(=O)O)CC(=O)O.O=C(O)CN(CCCN(CC(=O)O)c1ccccc1N1CC(=O)OC(=O)C1)c1ccccc1N1CC(=O)OC(=O)C1. The number of morpholine rings is 2. The summed E-state index contributed by atoms with van der Waals surface area (Å²) < 4.78 is 9.21. The zero-order valence-electron chi connectivity index (χ0n) is 70.9. The predicted octanol–water partition coefficient (Wildman–Crippen LogP) is 2.19. The Kier molecular flexibility index (Phi) is 41.1. The minimum absolute atomic E-state index is 0.00352. The van der Waals surface area contributed by atoms with Crippen LogP contribution < -0.4 is 64.1 Å². The van der Waals surface area contributed by atoms with E-state index in [4.69, 9.17) is 0 Å². The lowest BCUT2D eigenvalue weighted by molar-refractivity contribution is -0.161. The molecule has 0 atom stereocenters. The number of ether oxygens (including phenoxy) is 2. The molecule has 9 rings (SSSR count). The monoisotopic (exact) mass is 1830 g/mol. The van der Waals surface area contributed by atoms with Gasteiger partial charge in [-0.1, -0.05) is 92.1 Å². The van der Waals surface area contributed by atoms with Gasteiger partial charge >= 0.3 is 101 Å². The van der Waals surface area contributed by atoms with Gasteiger partial charge in [-0.15, -0.1) is 0 Å². The van der Waals surface area contributed by atoms with E-state index in [9.17, 15) is 153 Å². The molecular formula is C85H101N13O33. The maximum absolute atomic E-state index is 12.1. The molecule has 3 aliphatic rings. The normalized spacial score (nSPS) is 12.3. The van der Waals surface area contributed by atoms with Crippen LogP contribution in [0.1, 0.15) is 38.5 Å². The number of likely N-dealkylation sites (N-methyl/N-ethyl adjacent to an activating group) is 1. The van der Waals surface area contributed by atoms with Crippen LogP contribution in [0.2, 0.25) is 0 Å². The number of aliphatic carboxylic acids is 13. The van der Waals surface area contributed by atoms with Gasteiger partial charge in [0.1, 0.15) is 111 Å². The number of para-hydroxylation sites is 12. The maximum Gasteiger partial charge on any atom is 0.333 e. The lowest BCUT2D eigenvalue weighted by Crippen LogP contribution is -2.44. The summed E-state index contributed by atoms with van der Waals surface area (Å²) in [5, 5.41) is 125. The number of nitrogens with zero attached hydrogens (tertiary/aromatic N) is 12. The van der Waals surface area contributed by atoms with Gasteiger partial charge in [0, 0.05) is 46.3 Å². The quantitative estimate of drug-likeness (QED) is 0.0192. The van der Waals surface area contributed by atoms with Gasteiger partial charge in [0.05, 0.1) is 74.8 Å². The molecule has 704 valence electrons. The second-order valence-electron chi connectivity index (χ2n) is 29.2. The number of carboxylic acids is 13. The third kappa shape index (κ3) is 36.0. The average Bonchev–Trinajstić information content (AvgIpc) is 1.77. The van der Waals surface area contributed by atoms with E-state index in [-0.39, 0.29) is 119 Å². The molecule has 6 aromatic rings. The van der Waals surface area contributed by atoms with Crippen molar-refractivity contribution in [2.45, 2.75) is 38.5 Å². The van der Waals surface area contributed by atoms with E-state index in [0.29, 0.717) is 40.5 Å². The Hall–Kier alpha value is -16.2. The topological polar surface area (TPSA) is 640 Å². The first-order valence-electron chi connectivity index (χ1n) is 40.2. The molecule has 2 saturated heterocycles. The van der Waals surface area contributed by atoms with Crippen molar-refractivity contribution in [3.8, 4) is 0 Å². The molecule has 1 saturated carbocycles. The second-order valence-corrected chi connectivity index (χ2v) is 29.2. The van der Waals surface area contributed by atoms with Crippen molar-refractivity contribution in [2.75, 3.05) is 223 Å². The number of cyclic esters (lactones) is 4. The fourth-order valence-electron chi connectivity index (χ4n) is 13.8. The third-order valence-corrected chi connectivity index (χ3v) is 18.9. The minimum Gasteiger partial charge on any atom is -0.480 e. The summed E-state index contributed by atoms with van der Waals surface area (Å²) in [6, 6.07) is 38.2. The highest BCUT2D eigenvalue weighted by Crippen LogP contribution is 2.37. The molecule has 6 aromatic carbocycles. The maximum atomic E-state index is 12.1. The summed E-state index contributed by atoms with van der Waals surface area (Å²) in [6.45, 7) is -8.03. The van der Waals surface area contributed by atoms with Crippen LogP contribution >= 0.6 is 0 Å². The molecule has 131 heavy (non-hydrogen) atoms. The number of carbonyl (C=O) groups is 18. The van der Waals surface area contributed by atoms with Gasteiger partial charge in [-0.25, -0.2) is 19.2 Å². The molecule has 0 aromatic heterocycles. The van der Waals surface area contributed by atoms with Crippen molar-refractivity contribution >= 4 is 176 Å². The number of carboxylic acid groups (broad SMARTS) is 13. The second kappa shape index (κ2) is 52.0. The fraction of sp³-hybridized carbons (Fsp3) is 0.365. The number of benzene rings is 6. The van der Waals surface area contributed by atoms with E-state index in [1.165, 1.54) is 97.0 Å². The zero-order chi connectivity index (χ0) is 96.6. The highest BCUT2D eigenvalue weighted by molar-refractivity contribution is 5.98. The number of esters is 4. The molecule has 14 N–H and O–H groups in total. The largest absolute Gasteiger partial charge is 0.480 e. The van der Waals surface area contributed by atoms with E-state index >= 15 is 0 Å². The summed E-state index contributed by atoms with van der Waals surface area (Å²) in [7, 11) is 1.40. The fourth-order valence-corrected chi connectivity index (χ4v) is 13.8. The van der Waals surface area contributed by atoms with Gasteiger partial charge in [-0.2, -0.15) is 0 Å². The van der Waals surface area contributed by atoms with E-state index in [1.807, 2.05) is 0 Å². The molecule has 46 heteroatoms. The molecule has 0 radical (unpaired) electrons. The number of nitrogens with one attached hydrogen (secondary N) is 1. The molecule has 3 fully saturated rings. The zero-order valence-corrected chi connectivity index (χ0v) is 70.9. The number of amides is 1. The molecule has 0 bridgehead atoms. The molecule has 0 unspecified atom stereocenters. The van der Waals surface area contributed by atoms with Gasteiger partial charge in [0.25, 0.3) is 0 Å². The Balaban J connectivity index is 0.000000297. The van der Waals surface area contributed by atoms with Crippen molar-refractivity contribution in [2.24, 2.45) is 0 Å². The van der Waals surface area contributed by atoms with Gasteiger partial charge in [0.2, 0.25) is 5.91 Å². The molecule has 0 spiro atoms. The number of hydrogen-bond donors (Lipinski definition) is 14. The van der Waals surface area contributed by atoms with Crippen LogP contribution in [0.3, 0.4) is 0 Å². The first-order chi connectivity index (χ1) is 62.2. The molecular weight excluding hydrogens is 1730 g/mol. The highest BCUT2D eigenvalue weighted by Gasteiger charge is 2.33. The van der Waals surface area contributed by atoms with Crippen LogP contribution in [0.4, 0.5) is 68.2 Å². The highest BCUT2D eigenvalue weighted by atomic mass is 16.6. The van der Waals surface area contributed by atoms with Crippen molar-refractivity contribution in [1.29, 1.82) is 0 Å². The van der Waals surface area contributed by atoms with Crippen molar-refractivity contribution in [1.82, 2.24) is 5.32 Å². The smallest absolute Gasteiger partial charge is 0.333 e. The van der Waals surface area contributed by atoms with Crippen molar-refractivity contribution < 1.29 is 162 Å². The van der Waals surface area contributed by atoms with Crippen LogP contribution in [-0.4, -0.2) is 338 Å². The van der Waals surface area contributed by atoms with Gasteiger partial charge in [-0.3, -0.25) is 67.1 Å². The lowest BCUT2D eigenvalue weighted by Gasteiger charge is -2.34. The Morgan fingerprint density at radius 1 is 0.244 bits per heavy atom. The van der Waals surface area contributed by atoms with Gasteiger partial charge in [-0.05, 0) is 92.1 Å². The van der Waals surface area contributed by atoms with Gasteiger partial charge < -0.3 is 140 Å². The molecule has 2 aliphatic heterocycles. The summed E-state index contributed by atoms with van der Waals surface area (Å²) >= 11 is 0. The molecule has 1 amide bonds. The average molecular weight is 1830 g/mol. The summed E-state index contributed by atoms with van der Waals surface area (Å²) in [5.41, 5.74) is 3.81. The van der Waals surface area contributed by atoms with E-state index in [0.717, 1.165) is 14.7 Å². The first kappa shape index (κ1) is 104. The first-order valence-corrected chi connectivity index (χ1v) is 40.2. The number of carbonyl (C=O) groups excluding carboxylic acids is 5. The number of hydrogen-bond acceptors (Lipinski definition) is 32. The summed E-state index contributed by atoms with van der Waals surface area (Å²) in [4.78, 5) is 227. The number of anilines is 12.